The van der Waals surface area contributed by atoms with Gasteiger partial charge in [0.15, 0.2) is 23.2 Å². The van der Waals surface area contributed by atoms with Gasteiger partial charge in [-0.25, -0.2) is 13.2 Å². The lowest BCUT2D eigenvalue weighted by Crippen LogP contribution is -2.05. The Kier molecular flexibility index (Phi) is 3.41. The Bertz CT molecular complexity index is 685. The normalized spacial score (nSPS) is 14.0. The molecule has 3 rings (SSSR count). The van der Waals surface area contributed by atoms with E-state index >= 15 is 0 Å². The van der Waals surface area contributed by atoms with Crippen molar-refractivity contribution in [3.05, 3.63) is 65.0 Å². The molecule has 0 amide bonds. The van der Waals surface area contributed by atoms with Gasteiger partial charge in [0.1, 0.15) is 5.75 Å². The minimum atomic E-state index is -1.59. The topological polar surface area (TPSA) is 26.3 Å². The summed E-state index contributed by atoms with van der Waals surface area (Å²) in [6.45, 7) is 0. The molecule has 5 heteroatoms. The molecule has 0 bridgehead atoms. The Morgan fingerprint density at radius 1 is 1.00 bits per heavy atom. The minimum absolute atomic E-state index is 0.177. The highest BCUT2D eigenvalue weighted by atomic mass is 19.2. The Labute approximate surface area is 119 Å². The Balaban J connectivity index is 1.90. The number of hydrogen-bond acceptors (Lipinski definition) is 2. The lowest BCUT2D eigenvalue weighted by molar-refractivity contribution is 0.103. The summed E-state index contributed by atoms with van der Waals surface area (Å²) >= 11 is 0. The van der Waals surface area contributed by atoms with Crippen molar-refractivity contribution in [2.45, 2.75) is 18.9 Å². The molecule has 0 heterocycles. The van der Waals surface area contributed by atoms with Gasteiger partial charge < -0.3 is 4.74 Å². The quantitative estimate of drug-likeness (QED) is 0.631. The van der Waals surface area contributed by atoms with Crippen LogP contribution in [0.5, 0.6) is 5.75 Å². The number of rotatable bonds is 4. The molecule has 0 aromatic heterocycles. The van der Waals surface area contributed by atoms with Crippen molar-refractivity contribution in [1.82, 2.24) is 0 Å². The van der Waals surface area contributed by atoms with Crippen LogP contribution in [0.1, 0.15) is 28.8 Å². The summed E-state index contributed by atoms with van der Waals surface area (Å²) in [6, 6.07) is 7.74. The van der Waals surface area contributed by atoms with Crippen molar-refractivity contribution >= 4 is 5.78 Å². The van der Waals surface area contributed by atoms with Gasteiger partial charge in [-0.15, -0.1) is 0 Å². The lowest BCUT2D eigenvalue weighted by Gasteiger charge is -2.07. The minimum Gasteiger partial charge on any atom is -0.490 e. The highest BCUT2D eigenvalue weighted by Crippen LogP contribution is 2.27. The molecule has 1 aliphatic rings. The number of carbonyl (C=O) groups excluding carboxylic acids is 1. The fourth-order valence-corrected chi connectivity index (χ4v) is 1.94. The lowest BCUT2D eigenvalue weighted by atomic mass is 10.0. The van der Waals surface area contributed by atoms with E-state index in [1.807, 2.05) is 0 Å². The highest BCUT2D eigenvalue weighted by Gasteiger charge is 2.24. The molecule has 1 saturated carbocycles. The van der Waals surface area contributed by atoms with E-state index in [0.717, 1.165) is 12.8 Å². The third-order valence-corrected chi connectivity index (χ3v) is 3.17. The van der Waals surface area contributed by atoms with Gasteiger partial charge in [0.05, 0.1) is 6.10 Å². The van der Waals surface area contributed by atoms with E-state index in [0.29, 0.717) is 17.9 Å². The second kappa shape index (κ2) is 5.24. The van der Waals surface area contributed by atoms with E-state index in [9.17, 15) is 18.0 Å². The van der Waals surface area contributed by atoms with Gasteiger partial charge in [0.2, 0.25) is 0 Å². The Morgan fingerprint density at radius 2 is 1.67 bits per heavy atom. The highest BCUT2D eigenvalue weighted by molar-refractivity contribution is 6.09. The van der Waals surface area contributed by atoms with Crippen molar-refractivity contribution in [3.8, 4) is 5.75 Å². The van der Waals surface area contributed by atoms with E-state index in [1.54, 1.807) is 12.1 Å². The van der Waals surface area contributed by atoms with Crippen LogP contribution in [0.25, 0.3) is 0 Å². The second-order valence-electron chi connectivity index (χ2n) is 4.93. The predicted octanol–water partition coefficient (Wildman–Crippen LogP) is 3.88. The molecule has 21 heavy (non-hydrogen) atoms. The van der Waals surface area contributed by atoms with Gasteiger partial charge in [0.25, 0.3) is 0 Å². The van der Waals surface area contributed by atoms with Crippen LogP contribution in [-0.2, 0) is 0 Å². The SMILES string of the molecule is O=C(c1cccc(OC2CC2)c1)c1cc(F)c(F)c(F)c1. The number of ketones is 1. The number of ether oxygens (including phenoxy) is 1. The third kappa shape index (κ3) is 2.91. The van der Waals surface area contributed by atoms with Gasteiger partial charge in [-0.1, -0.05) is 12.1 Å². The molecule has 0 unspecified atom stereocenters. The molecular formula is C16H11F3O2. The number of halogens is 3. The maximum absolute atomic E-state index is 13.2. The average molecular weight is 292 g/mol. The molecule has 0 saturated heterocycles. The van der Waals surface area contributed by atoms with Crippen LogP contribution >= 0.6 is 0 Å². The fraction of sp³-hybridized carbons (Fsp3) is 0.188. The van der Waals surface area contributed by atoms with Crippen molar-refractivity contribution in [1.29, 1.82) is 0 Å². The van der Waals surface area contributed by atoms with Crippen LogP contribution in [0.4, 0.5) is 13.2 Å². The molecule has 0 radical (unpaired) electrons. The molecule has 1 fully saturated rings. The van der Waals surface area contributed by atoms with E-state index < -0.39 is 23.2 Å². The zero-order valence-corrected chi connectivity index (χ0v) is 10.9. The van der Waals surface area contributed by atoms with Crippen LogP contribution in [-0.4, -0.2) is 11.9 Å². The average Bonchev–Trinajstić information content (AvgIpc) is 3.27. The maximum Gasteiger partial charge on any atom is 0.194 e. The van der Waals surface area contributed by atoms with Crippen LogP contribution in [0.2, 0.25) is 0 Å². The number of benzene rings is 2. The molecule has 0 spiro atoms. The number of carbonyl (C=O) groups is 1. The number of hydrogen-bond donors (Lipinski definition) is 0. The van der Waals surface area contributed by atoms with Crippen LogP contribution in [0.15, 0.2) is 36.4 Å². The molecule has 2 aromatic carbocycles. The van der Waals surface area contributed by atoms with Crippen LogP contribution in [0, 0.1) is 17.5 Å². The zero-order valence-electron chi connectivity index (χ0n) is 10.9. The Morgan fingerprint density at radius 3 is 2.29 bits per heavy atom. The van der Waals surface area contributed by atoms with Crippen molar-refractivity contribution < 1.29 is 22.7 Å². The molecule has 2 aromatic rings. The summed E-state index contributed by atoms with van der Waals surface area (Å²) in [4.78, 5) is 12.2. The van der Waals surface area contributed by atoms with Crippen LogP contribution in [0.3, 0.4) is 0 Å². The molecule has 2 nitrogen and oxygen atoms in total. The van der Waals surface area contributed by atoms with E-state index in [1.165, 1.54) is 12.1 Å². The summed E-state index contributed by atoms with van der Waals surface area (Å²) < 4.78 is 44.8. The summed E-state index contributed by atoms with van der Waals surface area (Å²) in [5.41, 5.74) is -0.00599. The van der Waals surface area contributed by atoms with Crippen molar-refractivity contribution in [3.63, 3.8) is 0 Å². The Hall–Kier alpha value is -2.30. The van der Waals surface area contributed by atoms with Gasteiger partial charge in [-0.2, -0.15) is 0 Å². The first-order valence-corrected chi connectivity index (χ1v) is 6.50. The standard InChI is InChI=1S/C16H11F3O2/c17-13-7-10(8-14(18)15(13)19)16(20)9-2-1-3-12(6-9)21-11-4-5-11/h1-3,6-8,11H,4-5H2. The first-order valence-electron chi connectivity index (χ1n) is 6.50. The molecule has 0 N–H and O–H groups in total. The predicted molar refractivity (Wildman–Crippen MR) is 69.8 cm³/mol. The maximum atomic E-state index is 13.2. The smallest absolute Gasteiger partial charge is 0.194 e. The third-order valence-electron chi connectivity index (χ3n) is 3.17. The van der Waals surface area contributed by atoms with Crippen LogP contribution < -0.4 is 4.74 Å². The van der Waals surface area contributed by atoms with Gasteiger partial charge in [-0.3, -0.25) is 4.79 Å². The van der Waals surface area contributed by atoms with Gasteiger partial charge in [-0.05, 0) is 37.1 Å². The van der Waals surface area contributed by atoms with Gasteiger partial charge in [0, 0.05) is 11.1 Å². The first kappa shape index (κ1) is 13.7. The molecular weight excluding hydrogens is 281 g/mol. The van der Waals surface area contributed by atoms with Crippen molar-refractivity contribution in [2.24, 2.45) is 0 Å². The fourth-order valence-electron chi connectivity index (χ4n) is 1.94. The van der Waals surface area contributed by atoms with E-state index in [-0.39, 0.29) is 17.2 Å². The van der Waals surface area contributed by atoms with E-state index in [4.69, 9.17) is 4.74 Å². The molecule has 0 aliphatic heterocycles. The summed E-state index contributed by atoms with van der Waals surface area (Å²) in [6.07, 6.45) is 2.13. The van der Waals surface area contributed by atoms with Crippen molar-refractivity contribution in [2.75, 3.05) is 0 Å². The zero-order chi connectivity index (χ0) is 15.0. The molecule has 0 atom stereocenters. The first-order chi connectivity index (χ1) is 10.0. The summed E-state index contributed by atoms with van der Waals surface area (Å²) in [5, 5.41) is 0. The molecule has 1 aliphatic carbocycles. The van der Waals surface area contributed by atoms with Gasteiger partial charge >= 0.3 is 0 Å². The second-order valence-corrected chi connectivity index (χ2v) is 4.93. The monoisotopic (exact) mass is 292 g/mol. The summed E-state index contributed by atoms with van der Waals surface area (Å²) in [5.74, 6) is -4.41. The molecule has 108 valence electrons. The van der Waals surface area contributed by atoms with E-state index in [2.05, 4.69) is 0 Å². The summed E-state index contributed by atoms with van der Waals surface area (Å²) in [7, 11) is 0. The largest absolute Gasteiger partial charge is 0.490 e.